The Morgan fingerprint density at radius 2 is 2.00 bits per heavy atom. The number of aliphatic hydroxyl groups is 1. The Bertz CT molecular complexity index is 85.0. The van der Waals surface area contributed by atoms with Crippen molar-refractivity contribution < 1.29 is 5.11 Å². The normalized spacial score (nSPS) is 36.7. The van der Waals surface area contributed by atoms with Gasteiger partial charge in [0.2, 0.25) is 0 Å². The minimum Gasteiger partial charge on any atom is -0.396 e. The highest BCUT2D eigenvalue weighted by Crippen LogP contribution is 2.21. The summed E-state index contributed by atoms with van der Waals surface area (Å²) in [6.07, 6.45) is 4.72. The van der Waals surface area contributed by atoms with E-state index in [0.29, 0.717) is 5.92 Å². The van der Waals surface area contributed by atoms with Crippen LogP contribution in [0, 0.1) is 5.92 Å². The van der Waals surface area contributed by atoms with E-state index in [1.165, 1.54) is 12.8 Å². The van der Waals surface area contributed by atoms with Crippen molar-refractivity contribution in [2.24, 2.45) is 11.7 Å². The van der Waals surface area contributed by atoms with Crippen molar-refractivity contribution in [1.29, 1.82) is 0 Å². The SMILES string of the molecule is NC1CCCC[C@H]1CO. The minimum atomic E-state index is 0.267. The third kappa shape index (κ3) is 1.66. The average Bonchev–Trinajstić information content (AvgIpc) is 1.89. The zero-order valence-corrected chi connectivity index (χ0v) is 5.71. The Balaban J connectivity index is 2.30. The van der Waals surface area contributed by atoms with Gasteiger partial charge in [0, 0.05) is 12.6 Å². The van der Waals surface area contributed by atoms with E-state index in [4.69, 9.17) is 10.8 Å². The van der Waals surface area contributed by atoms with Gasteiger partial charge in [0.15, 0.2) is 0 Å². The van der Waals surface area contributed by atoms with E-state index < -0.39 is 0 Å². The largest absolute Gasteiger partial charge is 0.396 e. The van der Waals surface area contributed by atoms with Gasteiger partial charge in [-0.15, -0.1) is 0 Å². The third-order valence-electron chi connectivity index (χ3n) is 2.20. The van der Waals surface area contributed by atoms with E-state index in [2.05, 4.69) is 0 Å². The molecule has 0 spiro atoms. The maximum atomic E-state index is 8.78. The molecule has 0 aliphatic heterocycles. The van der Waals surface area contributed by atoms with Gasteiger partial charge in [-0.25, -0.2) is 0 Å². The summed E-state index contributed by atoms with van der Waals surface area (Å²) < 4.78 is 0. The molecule has 3 N–H and O–H groups in total. The molecule has 1 fully saturated rings. The Morgan fingerprint density at radius 3 is 2.44 bits per heavy atom. The molecule has 0 amide bonds. The van der Waals surface area contributed by atoms with Crippen LogP contribution in [0.2, 0.25) is 0 Å². The molecule has 0 aromatic carbocycles. The van der Waals surface area contributed by atoms with Crippen LogP contribution >= 0.6 is 0 Å². The summed E-state index contributed by atoms with van der Waals surface area (Å²) in [6, 6.07) is 0.267. The second kappa shape index (κ2) is 3.18. The molecule has 0 bridgehead atoms. The van der Waals surface area contributed by atoms with Gasteiger partial charge < -0.3 is 10.8 Å². The van der Waals surface area contributed by atoms with Crippen LogP contribution in [0.4, 0.5) is 0 Å². The second-order valence-corrected chi connectivity index (χ2v) is 2.89. The molecule has 1 aliphatic carbocycles. The smallest absolute Gasteiger partial charge is 0.0474 e. The second-order valence-electron chi connectivity index (χ2n) is 2.89. The van der Waals surface area contributed by atoms with Crippen LogP contribution in [0.15, 0.2) is 0 Å². The Hall–Kier alpha value is -0.0800. The summed E-state index contributed by atoms with van der Waals surface area (Å²) >= 11 is 0. The first kappa shape index (κ1) is 7.03. The number of hydrogen-bond donors (Lipinski definition) is 2. The molecule has 1 saturated carbocycles. The fourth-order valence-corrected chi connectivity index (χ4v) is 1.46. The van der Waals surface area contributed by atoms with E-state index in [-0.39, 0.29) is 12.6 Å². The van der Waals surface area contributed by atoms with Crippen molar-refractivity contribution in [3.63, 3.8) is 0 Å². The number of nitrogens with two attached hydrogens (primary N) is 1. The lowest BCUT2D eigenvalue weighted by Crippen LogP contribution is -2.34. The summed E-state index contributed by atoms with van der Waals surface area (Å²) in [4.78, 5) is 0. The molecule has 0 radical (unpaired) electrons. The Labute approximate surface area is 56.1 Å². The topological polar surface area (TPSA) is 46.2 Å². The molecule has 54 valence electrons. The highest BCUT2D eigenvalue weighted by molar-refractivity contribution is 4.76. The quantitative estimate of drug-likeness (QED) is 0.541. The fraction of sp³-hybridized carbons (Fsp3) is 1.00. The van der Waals surface area contributed by atoms with E-state index >= 15 is 0 Å². The van der Waals surface area contributed by atoms with E-state index in [0.717, 1.165) is 12.8 Å². The molecule has 9 heavy (non-hydrogen) atoms. The van der Waals surface area contributed by atoms with Gasteiger partial charge in [-0.1, -0.05) is 12.8 Å². The summed E-state index contributed by atoms with van der Waals surface area (Å²) in [6.45, 7) is 0.279. The fourth-order valence-electron chi connectivity index (χ4n) is 1.46. The van der Waals surface area contributed by atoms with Crippen molar-refractivity contribution in [3.05, 3.63) is 0 Å². The lowest BCUT2D eigenvalue weighted by molar-refractivity contribution is 0.171. The molecular weight excluding hydrogens is 114 g/mol. The predicted octanol–water partition coefficient (Wildman–Crippen LogP) is 0.496. The minimum absolute atomic E-state index is 0.267. The average molecular weight is 129 g/mol. The molecule has 0 heterocycles. The van der Waals surface area contributed by atoms with Crippen LogP contribution in [-0.2, 0) is 0 Å². The number of aliphatic hydroxyl groups excluding tert-OH is 1. The molecule has 2 heteroatoms. The van der Waals surface area contributed by atoms with Crippen molar-refractivity contribution in [3.8, 4) is 0 Å². The van der Waals surface area contributed by atoms with E-state index in [9.17, 15) is 0 Å². The lowest BCUT2D eigenvalue weighted by Gasteiger charge is -2.26. The van der Waals surface area contributed by atoms with Crippen LogP contribution in [0.5, 0.6) is 0 Å². The van der Waals surface area contributed by atoms with Gasteiger partial charge >= 0.3 is 0 Å². The molecule has 2 nitrogen and oxygen atoms in total. The maximum Gasteiger partial charge on any atom is 0.0474 e. The molecule has 1 rings (SSSR count). The highest BCUT2D eigenvalue weighted by Gasteiger charge is 2.19. The van der Waals surface area contributed by atoms with Gasteiger partial charge in [0.25, 0.3) is 0 Å². The molecule has 0 aromatic rings. The van der Waals surface area contributed by atoms with Gasteiger partial charge in [-0.3, -0.25) is 0 Å². The highest BCUT2D eigenvalue weighted by atomic mass is 16.3. The summed E-state index contributed by atoms with van der Waals surface area (Å²) in [7, 11) is 0. The molecule has 2 atom stereocenters. The van der Waals surface area contributed by atoms with Gasteiger partial charge in [-0.2, -0.15) is 0 Å². The van der Waals surface area contributed by atoms with Crippen LogP contribution in [0.1, 0.15) is 25.7 Å². The maximum absolute atomic E-state index is 8.78. The van der Waals surface area contributed by atoms with Crippen molar-refractivity contribution in [2.75, 3.05) is 6.61 Å². The van der Waals surface area contributed by atoms with Gasteiger partial charge in [0.05, 0.1) is 0 Å². The lowest BCUT2D eigenvalue weighted by atomic mass is 9.86. The monoisotopic (exact) mass is 129 g/mol. The molecular formula is C7H15NO. The predicted molar refractivity (Wildman–Crippen MR) is 37.0 cm³/mol. The van der Waals surface area contributed by atoms with Gasteiger partial charge in [-0.05, 0) is 18.8 Å². The standard InChI is InChI=1S/C7H15NO/c8-7-4-2-1-3-6(7)5-9/h6-7,9H,1-5,8H2/t6-,7?/m0/s1. The molecule has 1 unspecified atom stereocenters. The Kier molecular flexibility index (Phi) is 2.49. The molecule has 0 saturated heterocycles. The summed E-state index contributed by atoms with van der Waals surface area (Å²) in [5.74, 6) is 0.388. The molecule has 0 aromatic heterocycles. The van der Waals surface area contributed by atoms with Crippen molar-refractivity contribution in [2.45, 2.75) is 31.7 Å². The number of hydrogen-bond acceptors (Lipinski definition) is 2. The summed E-state index contributed by atoms with van der Waals surface area (Å²) in [5.41, 5.74) is 5.73. The first-order valence-corrected chi connectivity index (χ1v) is 3.71. The van der Waals surface area contributed by atoms with E-state index in [1.807, 2.05) is 0 Å². The van der Waals surface area contributed by atoms with Crippen LogP contribution in [0.25, 0.3) is 0 Å². The Morgan fingerprint density at radius 1 is 1.33 bits per heavy atom. The third-order valence-corrected chi connectivity index (χ3v) is 2.20. The zero-order chi connectivity index (χ0) is 6.69. The van der Waals surface area contributed by atoms with Crippen molar-refractivity contribution >= 4 is 0 Å². The molecule has 1 aliphatic rings. The van der Waals surface area contributed by atoms with Crippen LogP contribution in [-0.4, -0.2) is 17.8 Å². The van der Waals surface area contributed by atoms with Crippen molar-refractivity contribution in [1.82, 2.24) is 0 Å². The van der Waals surface area contributed by atoms with E-state index in [1.54, 1.807) is 0 Å². The zero-order valence-electron chi connectivity index (χ0n) is 5.71. The summed E-state index contributed by atoms with van der Waals surface area (Å²) in [5, 5.41) is 8.78. The van der Waals surface area contributed by atoms with Crippen LogP contribution in [0.3, 0.4) is 0 Å². The first-order chi connectivity index (χ1) is 4.34. The van der Waals surface area contributed by atoms with Crippen LogP contribution < -0.4 is 5.73 Å². The first-order valence-electron chi connectivity index (χ1n) is 3.71. The van der Waals surface area contributed by atoms with Gasteiger partial charge in [0.1, 0.15) is 0 Å². The number of rotatable bonds is 1.